The van der Waals surface area contributed by atoms with Crippen LogP contribution in [0, 0.1) is 6.92 Å². The van der Waals surface area contributed by atoms with Gasteiger partial charge in [-0.15, -0.1) is 0 Å². The Bertz CT molecular complexity index is 1010. The molecule has 29 heavy (non-hydrogen) atoms. The lowest BCUT2D eigenvalue weighted by molar-refractivity contribution is 0.0958. The summed E-state index contributed by atoms with van der Waals surface area (Å²) in [5.41, 5.74) is 5.77. The summed E-state index contributed by atoms with van der Waals surface area (Å²) >= 11 is 0. The molecule has 3 aromatic heterocycles. The van der Waals surface area contributed by atoms with E-state index in [4.69, 9.17) is 4.98 Å². The van der Waals surface area contributed by atoms with E-state index in [9.17, 15) is 4.79 Å². The van der Waals surface area contributed by atoms with Crippen LogP contribution in [0.1, 0.15) is 46.5 Å². The molecule has 7 nitrogen and oxygen atoms in total. The fourth-order valence-electron chi connectivity index (χ4n) is 3.97. The molecule has 3 aromatic rings. The van der Waals surface area contributed by atoms with E-state index in [-0.39, 0.29) is 5.91 Å². The molecule has 150 valence electrons. The van der Waals surface area contributed by atoms with E-state index < -0.39 is 0 Å². The Balaban J connectivity index is 1.61. The molecule has 1 aliphatic heterocycles. The molecular formula is C22H26N6O. The third-order valence-corrected chi connectivity index (χ3v) is 5.52. The van der Waals surface area contributed by atoms with Gasteiger partial charge >= 0.3 is 0 Å². The average Bonchev–Trinajstić information content (AvgIpc) is 3.36. The fourth-order valence-corrected chi connectivity index (χ4v) is 3.97. The molecule has 1 N–H and O–H groups in total. The maximum absolute atomic E-state index is 11.7. The van der Waals surface area contributed by atoms with Crippen molar-refractivity contribution in [3.05, 3.63) is 65.5 Å². The molecule has 1 saturated heterocycles. The van der Waals surface area contributed by atoms with Crippen molar-refractivity contribution in [3.63, 3.8) is 0 Å². The summed E-state index contributed by atoms with van der Waals surface area (Å²) in [7, 11) is 3.59. The highest BCUT2D eigenvalue weighted by Crippen LogP contribution is 2.34. The topological polar surface area (TPSA) is 75.9 Å². The van der Waals surface area contributed by atoms with Gasteiger partial charge in [0.15, 0.2) is 0 Å². The Morgan fingerprint density at radius 3 is 2.79 bits per heavy atom. The maximum Gasteiger partial charge on any atom is 0.269 e. The first-order valence-corrected chi connectivity index (χ1v) is 9.93. The molecule has 7 heteroatoms. The number of nitrogens with one attached hydrogen (secondary N) is 1. The highest BCUT2D eigenvalue weighted by atomic mass is 16.1. The van der Waals surface area contributed by atoms with Crippen LogP contribution in [0.25, 0.3) is 11.1 Å². The third-order valence-electron chi connectivity index (χ3n) is 5.52. The van der Waals surface area contributed by atoms with Gasteiger partial charge in [-0.3, -0.25) is 24.3 Å². The van der Waals surface area contributed by atoms with Gasteiger partial charge < -0.3 is 5.32 Å². The first-order chi connectivity index (χ1) is 14.0. The van der Waals surface area contributed by atoms with Gasteiger partial charge in [-0.2, -0.15) is 5.10 Å². The van der Waals surface area contributed by atoms with Crippen LogP contribution in [0.3, 0.4) is 0 Å². The second-order valence-electron chi connectivity index (χ2n) is 7.51. The maximum atomic E-state index is 11.7. The third kappa shape index (κ3) is 4.05. The first-order valence-electron chi connectivity index (χ1n) is 9.93. The standard InChI is InChI=1S/C22H26N6O/c1-15-11-17(16-6-7-19(24-13-16)22(29)23-2)12-20(26-15)21-5-4-10-28(21)14-18-8-9-25-27(18)3/h6-9,11-13,21H,4-5,10,14H2,1-3H3,(H,23,29). The summed E-state index contributed by atoms with van der Waals surface area (Å²) < 4.78 is 1.93. The lowest BCUT2D eigenvalue weighted by Gasteiger charge is -2.24. The predicted molar refractivity (Wildman–Crippen MR) is 111 cm³/mol. The molecule has 0 radical (unpaired) electrons. The fraction of sp³-hybridized carbons (Fsp3) is 0.364. The van der Waals surface area contributed by atoms with Crippen LogP contribution < -0.4 is 5.32 Å². The molecule has 4 rings (SSSR count). The zero-order valence-electron chi connectivity index (χ0n) is 17.1. The van der Waals surface area contributed by atoms with Gasteiger partial charge in [-0.05, 0) is 56.1 Å². The Labute approximate surface area is 170 Å². The van der Waals surface area contributed by atoms with Crippen LogP contribution >= 0.6 is 0 Å². The average molecular weight is 390 g/mol. The first kappa shape index (κ1) is 19.3. The molecule has 0 spiro atoms. The molecule has 0 aromatic carbocycles. The molecule has 0 aliphatic carbocycles. The van der Waals surface area contributed by atoms with Crippen LogP contribution in [0.2, 0.25) is 0 Å². The lowest BCUT2D eigenvalue weighted by Crippen LogP contribution is -2.25. The summed E-state index contributed by atoms with van der Waals surface area (Å²) in [5.74, 6) is -0.181. The Kier molecular flexibility index (Phi) is 5.40. The van der Waals surface area contributed by atoms with Gasteiger partial charge in [-0.1, -0.05) is 6.07 Å². The highest BCUT2D eigenvalue weighted by molar-refractivity contribution is 5.92. The van der Waals surface area contributed by atoms with Crippen LogP contribution in [0.4, 0.5) is 0 Å². The van der Waals surface area contributed by atoms with E-state index >= 15 is 0 Å². The number of carbonyl (C=O) groups is 1. The second-order valence-corrected chi connectivity index (χ2v) is 7.51. The minimum atomic E-state index is -0.181. The summed E-state index contributed by atoms with van der Waals surface area (Å²) in [5, 5.41) is 6.89. The SMILES string of the molecule is CNC(=O)c1ccc(-c2cc(C)nc(C3CCCN3Cc3ccnn3C)c2)cn1. The van der Waals surface area contributed by atoms with E-state index in [0.717, 1.165) is 48.4 Å². The normalized spacial score (nSPS) is 16.9. The van der Waals surface area contributed by atoms with Gasteiger partial charge in [0.05, 0.1) is 17.4 Å². The smallest absolute Gasteiger partial charge is 0.269 e. The van der Waals surface area contributed by atoms with Crippen molar-refractivity contribution in [2.75, 3.05) is 13.6 Å². The number of rotatable bonds is 5. The number of pyridine rings is 2. The van der Waals surface area contributed by atoms with Crippen molar-refractivity contribution in [1.82, 2.24) is 30.0 Å². The number of carbonyl (C=O) groups excluding carboxylic acids is 1. The van der Waals surface area contributed by atoms with Gasteiger partial charge in [0.1, 0.15) is 5.69 Å². The van der Waals surface area contributed by atoms with Crippen LogP contribution in [0.5, 0.6) is 0 Å². The van der Waals surface area contributed by atoms with Crippen LogP contribution in [0.15, 0.2) is 42.7 Å². The Hall–Kier alpha value is -3.06. The summed E-state index contributed by atoms with van der Waals surface area (Å²) in [4.78, 5) is 23.4. The quantitative estimate of drug-likeness (QED) is 0.725. The van der Waals surface area contributed by atoms with Crippen molar-refractivity contribution < 1.29 is 4.79 Å². The highest BCUT2D eigenvalue weighted by Gasteiger charge is 2.28. The van der Waals surface area contributed by atoms with Crippen molar-refractivity contribution >= 4 is 5.91 Å². The summed E-state index contributed by atoms with van der Waals surface area (Å²) in [6, 6.07) is 10.3. The van der Waals surface area contributed by atoms with Crippen LogP contribution in [-0.4, -0.2) is 44.1 Å². The number of likely N-dealkylation sites (tertiary alicyclic amines) is 1. The van der Waals surface area contributed by atoms with Crippen molar-refractivity contribution in [2.45, 2.75) is 32.4 Å². The zero-order valence-corrected chi connectivity index (χ0v) is 17.1. The largest absolute Gasteiger partial charge is 0.354 e. The second kappa shape index (κ2) is 8.13. The molecule has 1 unspecified atom stereocenters. The van der Waals surface area contributed by atoms with Gasteiger partial charge in [-0.25, -0.2) is 0 Å². The lowest BCUT2D eigenvalue weighted by atomic mass is 10.0. The molecule has 1 atom stereocenters. The summed E-state index contributed by atoms with van der Waals surface area (Å²) in [6.45, 7) is 3.96. The number of aryl methyl sites for hydroxylation is 2. The number of amides is 1. The predicted octanol–water partition coefficient (Wildman–Crippen LogP) is 2.88. The number of hydrogen-bond acceptors (Lipinski definition) is 5. The summed E-state index contributed by atoms with van der Waals surface area (Å²) in [6.07, 6.45) is 5.86. The van der Waals surface area contributed by atoms with Gasteiger partial charge in [0, 0.05) is 44.3 Å². The van der Waals surface area contributed by atoms with Crippen molar-refractivity contribution in [1.29, 1.82) is 0 Å². The molecule has 0 bridgehead atoms. The van der Waals surface area contributed by atoms with Gasteiger partial charge in [0.25, 0.3) is 5.91 Å². The molecule has 1 amide bonds. The van der Waals surface area contributed by atoms with Crippen LogP contribution in [-0.2, 0) is 13.6 Å². The zero-order chi connectivity index (χ0) is 20.4. The Morgan fingerprint density at radius 2 is 2.10 bits per heavy atom. The monoisotopic (exact) mass is 390 g/mol. The van der Waals surface area contributed by atoms with Crippen molar-refractivity contribution in [2.24, 2.45) is 7.05 Å². The molecule has 4 heterocycles. The van der Waals surface area contributed by atoms with E-state index in [0.29, 0.717) is 11.7 Å². The minimum Gasteiger partial charge on any atom is -0.354 e. The van der Waals surface area contributed by atoms with E-state index in [1.54, 1.807) is 19.3 Å². The van der Waals surface area contributed by atoms with E-state index in [1.165, 1.54) is 5.69 Å². The number of nitrogens with zero attached hydrogens (tertiary/aromatic N) is 5. The van der Waals surface area contributed by atoms with Crippen molar-refractivity contribution in [3.8, 4) is 11.1 Å². The van der Waals surface area contributed by atoms with E-state index in [2.05, 4.69) is 38.5 Å². The number of hydrogen-bond donors (Lipinski definition) is 1. The molecule has 1 aliphatic rings. The van der Waals surface area contributed by atoms with E-state index in [1.807, 2.05) is 30.9 Å². The van der Waals surface area contributed by atoms with Gasteiger partial charge in [0.2, 0.25) is 0 Å². The number of aromatic nitrogens is 4. The molecule has 0 saturated carbocycles. The Morgan fingerprint density at radius 1 is 1.24 bits per heavy atom. The molecule has 1 fully saturated rings. The molecular weight excluding hydrogens is 364 g/mol. The minimum absolute atomic E-state index is 0.181.